The third-order valence-corrected chi connectivity index (χ3v) is 9.01. The van der Waals surface area contributed by atoms with Crippen molar-refractivity contribution >= 4 is 29.1 Å². The van der Waals surface area contributed by atoms with Crippen LogP contribution in [0.5, 0.6) is 23.1 Å². The lowest BCUT2D eigenvalue weighted by atomic mass is 10.00. The van der Waals surface area contributed by atoms with Gasteiger partial charge in [0, 0.05) is 49.2 Å². The van der Waals surface area contributed by atoms with E-state index in [4.69, 9.17) is 14.2 Å². The highest BCUT2D eigenvalue weighted by molar-refractivity contribution is 6.06. The zero-order valence-corrected chi connectivity index (χ0v) is 30.2. The van der Waals surface area contributed by atoms with Crippen LogP contribution in [0.3, 0.4) is 0 Å². The van der Waals surface area contributed by atoms with E-state index in [9.17, 15) is 9.59 Å². The van der Waals surface area contributed by atoms with Crippen molar-refractivity contribution in [2.24, 2.45) is 5.92 Å². The van der Waals surface area contributed by atoms with Gasteiger partial charge in [-0.25, -0.2) is 9.37 Å². The number of anilines is 3. The summed E-state index contributed by atoms with van der Waals surface area (Å²) in [6.07, 6.45) is 3.70. The molecular formula is C39H47FN6O5. The second-order valence-electron chi connectivity index (χ2n) is 12.8. The van der Waals surface area contributed by atoms with Gasteiger partial charge in [-0.2, -0.15) is 4.98 Å². The van der Waals surface area contributed by atoms with E-state index in [1.807, 2.05) is 45.9 Å². The number of methoxy groups -OCH3 is 1. The second kappa shape index (κ2) is 17.1. The Kier molecular flexibility index (Phi) is 12.4. The minimum atomic E-state index is -0.519. The molecule has 1 saturated heterocycles. The first-order valence-corrected chi connectivity index (χ1v) is 17.3. The quantitative estimate of drug-likeness (QED) is 0.141. The first-order valence-electron chi connectivity index (χ1n) is 17.3. The number of carbonyl (C=O) groups is 2. The number of likely N-dealkylation sites (N-methyl/N-ethyl adjacent to an activating group) is 1. The number of nitrogens with one attached hydrogen (secondary N) is 2. The van der Waals surface area contributed by atoms with Crippen LogP contribution in [0.1, 0.15) is 53.7 Å². The summed E-state index contributed by atoms with van der Waals surface area (Å²) < 4.78 is 32.9. The summed E-state index contributed by atoms with van der Waals surface area (Å²) in [5.74, 6) is 0.174. The molecule has 2 heterocycles. The maximum atomic E-state index is 15.1. The number of amides is 2. The first kappa shape index (κ1) is 37.0. The summed E-state index contributed by atoms with van der Waals surface area (Å²) in [4.78, 5) is 39.4. The van der Waals surface area contributed by atoms with Gasteiger partial charge < -0.3 is 34.6 Å². The summed E-state index contributed by atoms with van der Waals surface area (Å²) in [5.41, 5.74) is 3.65. The number of rotatable bonds is 14. The number of hydrogen-bond donors (Lipinski definition) is 2. The Labute approximate surface area is 299 Å². The molecule has 4 aromatic rings. The number of ether oxygens (including phenoxy) is 3. The number of para-hydroxylation sites is 1. The van der Waals surface area contributed by atoms with E-state index in [1.54, 1.807) is 35.2 Å². The molecule has 12 heteroatoms. The van der Waals surface area contributed by atoms with Crippen LogP contribution in [0, 0.1) is 25.6 Å². The number of aryl methyl sites for hydroxylation is 2. The van der Waals surface area contributed by atoms with Gasteiger partial charge in [-0.15, -0.1) is 0 Å². The van der Waals surface area contributed by atoms with E-state index < -0.39 is 11.7 Å². The van der Waals surface area contributed by atoms with Gasteiger partial charge in [-0.1, -0.05) is 24.3 Å². The topological polar surface area (TPSA) is 118 Å². The summed E-state index contributed by atoms with van der Waals surface area (Å²) in [6.45, 7) is 11.4. The molecule has 0 aliphatic carbocycles. The SMILES string of the molecule is CCN(CC)C(=O)Cc1ccc(Oc2nc(Nc3ccc(OCC4CCCN(C)C4)c(F)c3)ncc2C(=O)Nc2c(C)cccc2C)c(OC)c1. The van der Waals surface area contributed by atoms with Gasteiger partial charge in [0.1, 0.15) is 5.56 Å². The molecule has 51 heavy (non-hydrogen) atoms. The van der Waals surface area contributed by atoms with Crippen LogP contribution in [-0.4, -0.2) is 78.5 Å². The molecule has 2 amide bonds. The van der Waals surface area contributed by atoms with E-state index in [2.05, 4.69) is 32.5 Å². The maximum Gasteiger partial charge on any atom is 0.262 e. The Morgan fingerprint density at radius 1 is 1.02 bits per heavy atom. The second-order valence-corrected chi connectivity index (χ2v) is 12.8. The van der Waals surface area contributed by atoms with Crippen LogP contribution in [-0.2, 0) is 11.2 Å². The fourth-order valence-electron chi connectivity index (χ4n) is 6.17. The molecule has 1 aliphatic rings. The zero-order chi connectivity index (χ0) is 36.5. The minimum Gasteiger partial charge on any atom is -0.493 e. The molecule has 1 aromatic heterocycles. The summed E-state index contributed by atoms with van der Waals surface area (Å²) >= 11 is 0. The van der Waals surface area contributed by atoms with Crippen molar-refractivity contribution in [1.82, 2.24) is 19.8 Å². The highest BCUT2D eigenvalue weighted by Gasteiger charge is 2.22. The number of nitrogens with zero attached hydrogens (tertiary/aromatic N) is 4. The van der Waals surface area contributed by atoms with E-state index in [0.29, 0.717) is 42.7 Å². The molecular weight excluding hydrogens is 651 g/mol. The maximum absolute atomic E-state index is 15.1. The normalized spacial score (nSPS) is 14.5. The van der Waals surface area contributed by atoms with E-state index in [-0.39, 0.29) is 41.2 Å². The molecule has 1 unspecified atom stereocenters. The van der Waals surface area contributed by atoms with Crippen molar-refractivity contribution in [3.8, 4) is 23.1 Å². The average Bonchev–Trinajstić information content (AvgIpc) is 3.11. The molecule has 270 valence electrons. The number of carbonyl (C=O) groups excluding carboxylic acids is 2. The lowest BCUT2D eigenvalue weighted by molar-refractivity contribution is -0.130. The zero-order valence-electron chi connectivity index (χ0n) is 30.2. The predicted octanol–water partition coefficient (Wildman–Crippen LogP) is 7.16. The lowest BCUT2D eigenvalue weighted by Gasteiger charge is -2.29. The van der Waals surface area contributed by atoms with Crippen LogP contribution < -0.4 is 24.8 Å². The molecule has 0 saturated carbocycles. The Bertz CT molecular complexity index is 1830. The van der Waals surface area contributed by atoms with Gasteiger partial charge in [-0.3, -0.25) is 9.59 Å². The van der Waals surface area contributed by atoms with Crippen LogP contribution in [0.2, 0.25) is 0 Å². The van der Waals surface area contributed by atoms with Gasteiger partial charge in [0.15, 0.2) is 23.1 Å². The Hall–Kier alpha value is -5.23. The van der Waals surface area contributed by atoms with Crippen molar-refractivity contribution in [3.05, 3.63) is 88.9 Å². The van der Waals surface area contributed by atoms with Gasteiger partial charge in [0.25, 0.3) is 5.91 Å². The standard InChI is InChI=1S/C39H47FN6O5/c1-7-46(8-2)35(47)20-27-14-16-33(34(19-27)49-6)51-38-30(37(48)43-36-25(3)11-9-12-26(36)4)22-41-39(44-38)42-29-15-17-32(31(40)21-29)50-24-28-13-10-18-45(5)23-28/h9,11-12,14-17,19,21-22,28H,7-8,10,13,18,20,23-24H2,1-6H3,(H,43,48)(H,41,42,44). The van der Waals surface area contributed by atoms with Crippen LogP contribution in [0.15, 0.2) is 60.8 Å². The minimum absolute atomic E-state index is 0.000724. The Morgan fingerprint density at radius 2 is 1.76 bits per heavy atom. The Morgan fingerprint density at radius 3 is 2.45 bits per heavy atom. The number of likely N-dealkylation sites (tertiary alicyclic amines) is 1. The van der Waals surface area contributed by atoms with E-state index in [1.165, 1.54) is 19.4 Å². The lowest BCUT2D eigenvalue weighted by Crippen LogP contribution is -2.34. The average molecular weight is 699 g/mol. The summed E-state index contributed by atoms with van der Waals surface area (Å²) in [6, 6.07) is 15.5. The molecule has 5 rings (SSSR count). The predicted molar refractivity (Wildman–Crippen MR) is 196 cm³/mol. The van der Waals surface area contributed by atoms with E-state index >= 15 is 4.39 Å². The van der Waals surface area contributed by atoms with Crippen LogP contribution >= 0.6 is 0 Å². The van der Waals surface area contributed by atoms with Gasteiger partial charge in [-0.05, 0) is 95.1 Å². The number of aromatic nitrogens is 2. The van der Waals surface area contributed by atoms with Crippen molar-refractivity contribution < 1.29 is 28.2 Å². The Balaban J connectivity index is 1.40. The molecule has 11 nitrogen and oxygen atoms in total. The fourth-order valence-corrected chi connectivity index (χ4v) is 6.17. The van der Waals surface area contributed by atoms with Crippen LogP contribution in [0.4, 0.5) is 21.7 Å². The third kappa shape index (κ3) is 9.52. The molecule has 0 spiro atoms. The smallest absolute Gasteiger partial charge is 0.262 e. The molecule has 2 N–H and O–H groups in total. The van der Waals surface area contributed by atoms with Crippen molar-refractivity contribution in [1.29, 1.82) is 0 Å². The molecule has 0 radical (unpaired) electrons. The molecule has 1 aliphatic heterocycles. The van der Waals surface area contributed by atoms with Gasteiger partial charge >= 0.3 is 0 Å². The molecule has 0 bridgehead atoms. The molecule has 1 atom stereocenters. The summed E-state index contributed by atoms with van der Waals surface area (Å²) in [7, 11) is 3.58. The number of piperidine rings is 1. The fraction of sp³-hybridized carbons (Fsp3) is 0.385. The highest BCUT2D eigenvalue weighted by Crippen LogP contribution is 2.35. The monoisotopic (exact) mass is 698 g/mol. The number of hydrogen-bond acceptors (Lipinski definition) is 9. The van der Waals surface area contributed by atoms with Crippen molar-refractivity contribution in [3.63, 3.8) is 0 Å². The first-order chi connectivity index (χ1) is 24.6. The number of halogens is 1. The summed E-state index contributed by atoms with van der Waals surface area (Å²) in [5, 5.41) is 5.98. The van der Waals surface area contributed by atoms with Crippen LogP contribution in [0.25, 0.3) is 0 Å². The number of benzene rings is 3. The van der Waals surface area contributed by atoms with E-state index in [0.717, 1.165) is 42.6 Å². The molecule has 3 aromatic carbocycles. The van der Waals surface area contributed by atoms with Gasteiger partial charge in [0.05, 0.1) is 20.1 Å². The molecule has 1 fully saturated rings. The third-order valence-electron chi connectivity index (χ3n) is 9.01. The van der Waals surface area contributed by atoms with Crippen molar-refractivity contribution in [2.45, 2.75) is 47.0 Å². The van der Waals surface area contributed by atoms with Crippen molar-refractivity contribution in [2.75, 3.05) is 57.6 Å². The highest BCUT2D eigenvalue weighted by atomic mass is 19.1. The van der Waals surface area contributed by atoms with Gasteiger partial charge in [0.2, 0.25) is 17.7 Å². The largest absolute Gasteiger partial charge is 0.493 e.